The SMILES string of the molecule is Cc1cccnc1C(NC(=O)c1cc2ccccc2[nH]1)C1CC1. The van der Waals surface area contributed by atoms with Gasteiger partial charge in [-0.05, 0) is 49.4 Å². The van der Waals surface area contributed by atoms with Crippen LogP contribution in [0.5, 0.6) is 0 Å². The molecule has 116 valence electrons. The van der Waals surface area contributed by atoms with Crippen molar-refractivity contribution in [1.29, 1.82) is 0 Å². The predicted molar refractivity (Wildman–Crippen MR) is 90.2 cm³/mol. The standard InChI is InChI=1S/C19H19N3O/c1-12-5-4-10-20-17(12)18(13-8-9-13)22-19(23)16-11-14-6-2-3-7-15(14)21-16/h2-7,10-11,13,18,21H,8-9H2,1H3,(H,22,23). The minimum atomic E-state index is -0.0665. The van der Waals surface area contributed by atoms with E-state index < -0.39 is 0 Å². The largest absolute Gasteiger partial charge is 0.351 e. The molecule has 4 heteroatoms. The number of hydrogen-bond donors (Lipinski definition) is 2. The fourth-order valence-electron chi connectivity index (χ4n) is 3.08. The van der Waals surface area contributed by atoms with Gasteiger partial charge in [0.1, 0.15) is 5.69 Å². The van der Waals surface area contributed by atoms with Gasteiger partial charge >= 0.3 is 0 Å². The average molecular weight is 305 g/mol. The molecule has 1 saturated carbocycles. The number of benzene rings is 1. The highest BCUT2D eigenvalue weighted by atomic mass is 16.1. The van der Waals surface area contributed by atoms with E-state index in [1.807, 2.05) is 49.4 Å². The monoisotopic (exact) mass is 305 g/mol. The van der Waals surface area contributed by atoms with Gasteiger partial charge < -0.3 is 10.3 Å². The number of hydrogen-bond acceptors (Lipinski definition) is 2. The minimum absolute atomic E-state index is 0.00453. The van der Waals surface area contributed by atoms with Crippen LogP contribution in [0.3, 0.4) is 0 Å². The molecule has 0 aliphatic heterocycles. The molecular weight excluding hydrogens is 286 g/mol. The van der Waals surface area contributed by atoms with Crippen molar-refractivity contribution in [2.24, 2.45) is 5.92 Å². The Morgan fingerprint density at radius 2 is 2.09 bits per heavy atom. The zero-order valence-electron chi connectivity index (χ0n) is 13.0. The quantitative estimate of drug-likeness (QED) is 0.771. The number of pyridine rings is 1. The zero-order valence-corrected chi connectivity index (χ0v) is 13.0. The highest BCUT2D eigenvalue weighted by molar-refractivity contribution is 5.98. The molecule has 4 rings (SSSR count). The fraction of sp³-hybridized carbons (Fsp3) is 0.263. The molecule has 1 aliphatic carbocycles. The van der Waals surface area contributed by atoms with Gasteiger partial charge in [-0.15, -0.1) is 0 Å². The summed E-state index contributed by atoms with van der Waals surface area (Å²) < 4.78 is 0. The van der Waals surface area contributed by atoms with Crippen LogP contribution in [0.1, 0.15) is 40.6 Å². The second-order valence-electron chi connectivity index (χ2n) is 6.26. The third-order valence-corrected chi connectivity index (χ3v) is 4.50. The molecule has 0 spiro atoms. The van der Waals surface area contributed by atoms with E-state index in [4.69, 9.17) is 0 Å². The number of H-pyrrole nitrogens is 1. The lowest BCUT2D eigenvalue weighted by atomic mass is 10.0. The first kappa shape index (κ1) is 14.0. The van der Waals surface area contributed by atoms with Crippen molar-refractivity contribution in [2.75, 3.05) is 0 Å². The van der Waals surface area contributed by atoms with E-state index in [-0.39, 0.29) is 11.9 Å². The maximum atomic E-state index is 12.7. The van der Waals surface area contributed by atoms with E-state index in [9.17, 15) is 4.79 Å². The minimum Gasteiger partial charge on any atom is -0.351 e. The van der Waals surface area contributed by atoms with Crippen LogP contribution in [-0.4, -0.2) is 15.9 Å². The normalized spacial score (nSPS) is 15.5. The van der Waals surface area contributed by atoms with E-state index in [1.54, 1.807) is 6.20 Å². The van der Waals surface area contributed by atoms with Gasteiger partial charge in [-0.25, -0.2) is 0 Å². The molecule has 2 heterocycles. The smallest absolute Gasteiger partial charge is 0.268 e. The molecule has 1 aliphatic rings. The Morgan fingerprint density at radius 3 is 2.83 bits per heavy atom. The summed E-state index contributed by atoms with van der Waals surface area (Å²) in [6.07, 6.45) is 4.09. The number of carbonyl (C=O) groups is 1. The fourth-order valence-corrected chi connectivity index (χ4v) is 3.08. The Labute approximate surface area is 134 Å². The van der Waals surface area contributed by atoms with E-state index in [0.29, 0.717) is 11.6 Å². The predicted octanol–water partition coefficient (Wildman–Crippen LogP) is 3.75. The molecule has 23 heavy (non-hydrogen) atoms. The molecule has 1 atom stereocenters. The summed E-state index contributed by atoms with van der Waals surface area (Å²) in [7, 11) is 0. The van der Waals surface area contributed by atoms with Crippen molar-refractivity contribution in [3.8, 4) is 0 Å². The Hall–Kier alpha value is -2.62. The Bertz CT molecular complexity index is 831. The third kappa shape index (κ3) is 2.72. The first-order valence-electron chi connectivity index (χ1n) is 8.02. The van der Waals surface area contributed by atoms with E-state index in [1.165, 1.54) is 0 Å². The van der Waals surface area contributed by atoms with Crippen molar-refractivity contribution in [3.63, 3.8) is 0 Å². The van der Waals surface area contributed by atoms with Crippen molar-refractivity contribution < 1.29 is 4.79 Å². The van der Waals surface area contributed by atoms with Crippen LogP contribution >= 0.6 is 0 Å². The van der Waals surface area contributed by atoms with Crippen LogP contribution in [0, 0.1) is 12.8 Å². The van der Waals surface area contributed by atoms with Gasteiger partial charge in [-0.1, -0.05) is 24.3 Å². The number of fused-ring (bicyclic) bond motifs is 1. The molecule has 0 saturated heterocycles. The summed E-state index contributed by atoms with van der Waals surface area (Å²) in [5.41, 5.74) is 3.70. The van der Waals surface area contributed by atoms with Crippen LogP contribution in [0.25, 0.3) is 10.9 Å². The number of amides is 1. The first-order chi connectivity index (χ1) is 11.2. The second-order valence-corrected chi connectivity index (χ2v) is 6.26. The molecule has 1 amide bonds. The molecule has 1 aromatic carbocycles. The van der Waals surface area contributed by atoms with Gasteiger partial charge in [-0.3, -0.25) is 9.78 Å². The first-order valence-corrected chi connectivity index (χ1v) is 8.02. The molecule has 1 fully saturated rings. The number of rotatable bonds is 4. The van der Waals surface area contributed by atoms with Gasteiger partial charge in [-0.2, -0.15) is 0 Å². The Kier molecular flexibility index (Phi) is 3.37. The number of aromatic nitrogens is 2. The Morgan fingerprint density at radius 1 is 1.26 bits per heavy atom. The summed E-state index contributed by atoms with van der Waals surface area (Å²) in [5.74, 6) is 0.431. The number of nitrogens with zero attached hydrogens (tertiary/aromatic N) is 1. The van der Waals surface area contributed by atoms with Gasteiger partial charge in [0.15, 0.2) is 0 Å². The molecule has 0 radical (unpaired) electrons. The van der Waals surface area contributed by atoms with E-state index in [0.717, 1.165) is 35.0 Å². The van der Waals surface area contributed by atoms with Gasteiger partial charge in [0.25, 0.3) is 5.91 Å². The highest BCUT2D eigenvalue weighted by Crippen LogP contribution is 2.41. The van der Waals surface area contributed by atoms with Crippen LogP contribution in [0.15, 0.2) is 48.7 Å². The highest BCUT2D eigenvalue weighted by Gasteiger charge is 2.35. The summed E-state index contributed by atoms with van der Waals surface area (Å²) in [4.78, 5) is 20.4. The van der Waals surface area contributed by atoms with Crippen molar-refractivity contribution in [2.45, 2.75) is 25.8 Å². The second kappa shape index (κ2) is 5.54. The topological polar surface area (TPSA) is 57.8 Å². The number of aromatic amines is 1. The van der Waals surface area contributed by atoms with E-state index in [2.05, 4.69) is 15.3 Å². The molecule has 4 nitrogen and oxygen atoms in total. The van der Waals surface area contributed by atoms with Crippen molar-refractivity contribution in [3.05, 3.63) is 65.6 Å². The Balaban J connectivity index is 1.61. The van der Waals surface area contributed by atoms with Gasteiger partial charge in [0.2, 0.25) is 0 Å². The number of para-hydroxylation sites is 1. The molecule has 0 bridgehead atoms. The average Bonchev–Trinajstić information content (AvgIpc) is 3.31. The number of aryl methyl sites for hydroxylation is 1. The van der Waals surface area contributed by atoms with Gasteiger partial charge in [0, 0.05) is 17.1 Å². The summed E-state index contributed by atoms with van der Waals surface area (Å²) in [5, 5.41) is 4.23. The molecule has 2 N–H and O–H groups in total. The van der Waals surface area contributed by atoms with Crippen LogP contribution in [0.2, 0.25) is 0 Å². The molecule has 1 unspecified atom stereocenters. The van der Waals surface area contributed by atoms with E-state index >= 15 is 0 Å². The number of nitrogens with one attached hydrogen (secondary N) is 2. The summed E-state index contributed by atoms with van der Waals surface area (Å²) >= 11 is 0. The number of carbonyl (C=O) groups excluding carboxylic acids is 1. The molecular formula is C19H19N3O. The van der Waals surface area contributed by atoms with Crippen LogP contribution in [0.4, 0.5) is 0 Å². The summed E-state index contributed by atoms with van der Waals surface area (Å²) in [6.45, 7) is 2.05. The lowest BCUT2D eigenvalue weighted by Crippen LogP contribution is -2.31. The van der Waals surface area contributed by atoms with Crippen LogP contribution < -0.4 is 5.32 Å². The van der Waals surface area contributed by atoms with Crippen molar-refractivity contribution in [1.82, 2.24) is 15.3 Å². The lowest BCUT2D eigenvalue weighted by Gasteiger charge is -2.19. The maximum absolute atomic E-state index is 12.7. The third-order valence-electron chi connectivity index (χ3n) is 4.50. The molecule has 2 aromatic heterocycles. The van der Waals surface area contributed by atoms with Gasteiger partial charge in [0.05, 0.1) is 11.7 Å². The molecule has 3 aromatic rings. The zero-order chi connectivity index (χ0) is 15.8. The summed E-state index contributed by atoms with van der Waals surface area (Å²) in [6, 6.07) is 13.8. The van der Waals surface area contributed by atoms with Crippen molar-refractivity contribution >= 4 is 16.8 Å². The van der Waals surface area contributed by atoms with Crippen LogP contribution in [-0.2, 0) is 0 Å². The maximum Gasteiger partial charge on any atom is 0.268 e. The lowest BCUT2D eigenvalue weighted by molar-refractivity contribution is 0.0926.